The lowest BCUT2D eigenvalue weighted by atomic mass is 10.00. The zero-order valence-corrected chi connectivity index (χ0v) is 29.4. The molecule has 0 saturated heterocycles. The van der Waals surface area contributed by atoms with Gasteiger partial charge in [0.2, 0.25) is 0 Å². The molecular weight excluding hydrogens is 655 g/mol. The third-order valence-corrected chi connectivity index (χ3v) is 10.9. The van der Waals surface area contributed by atoms with Gasteiger partial charge >= 0.3 is 0 Å². The third-order valence-electron chi connectivity index (χ3n) is 10.9. The molecule has 0 fully saturated rings. The van der Waals surface area contributed by atoms with Crippen LogP contribution in [-0.4, -0.2) is 14.1 Å². The quantitative estimate of drug-likeness (QED) is 0.177. The largest absolute Gasteiger partial charge is 0.307 e. The number of benzene rings is 8. The number of fused-ring (bicyclic) bond motifs is 8. The van der Waals surface area contributed by atoms with Gasteiger partial charge in [-0.2, -0.15) is 0 Å². The average Bonchev–Trinajstić information content (AvgIpc) is 3.77. The maximum absolute atomic E-state index is 5.22. The van der Waals surface area contributed by atoms with Gasteiger partial charge in [0, 0.05) is 43.7 Å². The zero-order valence-electron chi connectivity index (χ0n) is 29.4. The first-order valence-electron chi connectivity index (χ1n) is 18.5. The molecule has 0 spiro atoms. The fraction of sp³-hybridized carbons (Fsp3) is 0. The second-order valence-electron chi connectivity index (χ2n) is 14.0. The molecule has 0 N–H and O–H groups in total. The molecule has 252 valence electrons. The van der Waals surface area contributed by atoms with E-state index in [0.29, 0.717) is 0 Å². The minimum absolute atomic E-state index is 0.947. The Labute approximate surface area is 312 Å². The lowest BCUT2D eigenvalue weighted by Crippen LogP contribution is -1.99. The van der Waals surface area contributed by atoms with E-state index in [0.717, 1.165) is 33.8 Å². The lowest BCUT2D eigenvalue weighted by molar-refractivity contribution is 1.16. The highest BCUT2D eigenvalue weighted by Crippen LogP contribution is 2.43. The van der Waals surface area contributed by atoms with Crippen LogP contribution in [0.3, 0.4) is 0 Å². The van der Waals surface area contributed by atoms with Gasteiger partial charge in [-0.1, -0.05) is 158 Å². The van der Waals surface area contributed by atoms with E-state index in [2.05, 4.69) is 203 Å². The summed E-state index contributed by atoms with van der Waals surface area (Å²) >= 11 is 0. The van der Waals surface area contributed by atoms with Crippen LogP contribution < -0.4 is 0 Å². The van der Waals surface area contributed by atoms with E-state index in [4.69, 9.17) is 4.98 Å². The van der Waals surface area contributed by atoms with Crippen LogP contribution in [0.4, 0.5) is 0 Å². The topological polar surface area (TPSA) is 22.8 Å². The lowest BCUT2D eigenvalue weighted by Gasteiger charge is -2.15. The normalized spacial score (nSPS) is 11.7. The van der Waals surface area contributed by atoms with Crippen LogP contribution in [0, 0.1) is 0 Å². The van der Waals surface area contributed by atoms with E-state index in [9.17, 15) is 0 Å². The van der Waals surface area contributed by atoms with E-state index >= 15 is 0 Å². The van der Waals surface area contributed by atoms with Gasteiger partial charge in [-0.05, 0) is 59.0 Å². The van der Waals surface area contributed by atoms with E-state index < -0.39 is 0 Å². The summed E-state index contributed by atoms with van der Waals surface area (Å²) in [6.45, 7) is 0. The molecule has 11 aromatic rings. The van der Waals surface area contributed by atoms with Gasteiger partial charge in [-0.25, -0.2) is 4.98 Å². The Hall–Kier alpha value is -7.23. The molecule has 0 radical (unpaired) electrons. The molecule has 0 aliphatic rings. The fourth-order valence-electron chi connectivity index (χ4n) is 8.44. The van der Waals surface area contributed by atoms with E-state index in [1.807, 2.05) is 6.07 Å². The van der Waals surface area contributed by atoms with Crippen molar-refractivity contribution in [3.8, 4) is 45.0 Å². The number of aromatic nitrogens is 3. The zero-order chi connectivity index (χ0) is 35.6. The number of rotatable bonds is 5. The van der Waals surface area contributed by atoms with Crippen LogP contribution in [0.2, 0.25) is 0 Å². The van der Waals surface area contributed by atoms with Gasteiger partial charge in [0.05, 0.1) is 39.1 Å². The van der Waals surface area contributed by atoms with Crippen molar-refractivity contribution in [1.82, 2.24) is 14.1 Å². The summed E-state index contributed by atoms with van der Waals surface area (Å²) < 4.78 is 4.95. The van der Waals surface area contributed by atoms with Crippen LogP contribution in [0.1, 0.15) is 0 Å². The second-order valence-corrected chi connectivity index (χ2v) is 14.0. The summed E-state index contributed by atoms with van der Waals surface area (Å²) in [5, 5.41) is 7.40. The van der Waals surface area contributed by atoms with Crippen molar-refractivity contribution in [3.05, 3.63) is 200 Å². The summed E-state index contributed by atoms with van der Waals surface area (Å²) in [4.78, 5) is 5.22. The molecule has 0 saturated carbocycles. The maximum atomic E-state index is 5.22. The van der Waals surface area contributed by atoms with Gasteiger partial charge < -0.3 is 9.13 Å². The molecule has 3 nitrogen and oxygen atoms in total. The standard InChI is InChI=1S/C51H33N3/c1-3-14-34(15-4-1)38-32-45(36-17-5-2-6-18-36)52-46(33-38)37-26-28-39(29-27-37)53-48-23-11-9-21-41(48)43-30-31-44-42-22-10-12-24-49(42)54(51(44)50(43)53)47-25-13-19-35-16-7-8-20-40(35)47/h1-33H. The van der Waals surface area contributed by atoms with Crippen LogP contribution in [0.5, 0.6) is 0 Å². The molecule has 11 rings (SSSR count). The molecule has 0 atom stereocenters. The number of pyridine rings is 1. The Bertz CT molecular complexity index is 3130. The van der Waals surface area contributed by atoms with Gasteiger partial charge in [0.1, 0.15) is 0 Å². The molecule has 3 heteroatoms. The van der Waals surface area contributed by atoms with Crippen molar-refractivity contribution in [2.45, 2.75) is 0 Å². The summed E-state index contributed by atoms with van der Waals surface area (Å²) in [6.07, 6.45) is 0. The van der Waals surface area contributed by atoms with E-state index in [-0.39, 0.29) is 0 Å². The van der Waals surface area contributed by atoms with Crippen molar-refractivity contribution in [1.29, 1.82) is 0 Å². The van der Waals surface area contributed by atoms with Crippen molar-refractivity contribution in [2.24, 2.45) is 0 Å². The molecule has 0 bridgehead atoms. The van der Waals surface area contributed by atoms with Crippen molar-refractivity contribution in [2.75, 3.05) is 0 Å². The van der Waals surface area contributed by atoms with Gasteiger partial charge in [0.15, 0.2) is 0 Å². The summed E-state index contributed by atoms with van der Waals surface area (Å²) in [7, 11) is 0. The minimum atomic E-state index is 0.947. The molecular formula is C51H33N3. The molecule has 0 aliphatic carbocycles. The number of para-hydroxylation sites is 2. The number of hydrogen-bond donors (Lipinski definition) is 0. The summed E-state index contributed by atoms with van der Waals surface area (Å²) in [5.74, 6) is 0. The highest BCUT2D eigenvalue weighted by atomic mass is 15.0. The third kappa shape index (κ3) is 4.72. The summed E-state index contributed by atoms with van der Waals surface area (Å²) in [6, 6.07) is 72.0. The Kier molecular flexibility index (Phi) is 6.86. The van der Waals surface area contributed by atoms with E-state index in [1.54, 1.807) is 0 Å². The Morgan fingerprint density at radius 2 is 0.815 bits per heavy atom. The van der Waals surface area contributed by atoms with Crippen LogP contribution in [-0.2, 0) is 0 Å². The molecule has 3 aromatic heterocycles. The predicted octanol–water partition coefficient (Wildman–Crippen LogP) is 13.4. The SMILES string of the molecule is c1ccc(-c2cc(-c3ccccc3)nc(-c3ccc(-n4c5ccccc5c5ccc6c7ccccc7n(-c7cccc8ccccc78)c6c54)cc3)c2)cc1. The smallest absolute Gasteiger partial charge is 0.0789 e. The monoisotopic (exact) mass is 687 g/mol. The number of hydrogen-bond acceptors (Lipinski definition) is 1. The Morgan fingerprint density at radius 1 is 0.315 bits per heavy atom. The van der Waals surface area contributed by atoms with Crippen LogP contribution >= 0.6 is 0 Å². The predicted molar refractivity (Wildman–Crippen MR) is 227 cm³/mol. The average molecular weight is 688 g/mol. The molecule has 54 heavy (non-hydrogen) atoms. The van der Waals surface area contributed by atoms with Crippen molar-refractivity contribution < 1.29 is 0 Å². The van der Waals surface area contributed by atoms with Crippen LogP contribution in [0.15, 0.2) is 200 Å². The first-order chi connectivity index (χ1) is 26.8. The Balaban J connectivity index is 1.16. The molecule has 3 heterocycles. The number of nitrogens with zero attached hydrogens (tertiary/aromatic N) is 3. The summed E-state index contributed by atoms with van der Waals surface area (Å²) in [5.41, 5.74) is 13.5. The molecule has 0 unspecified atom stereocenters. The Morgan fingerprint density at radius 3 is 1.48 bits per heavy atom. The van der Waals surface area contributed by atoms with Gasteiger partial charge in [-0.15, -0.1) is 0 Å². The minimum Gasteiger partial charge on any atom is -0.307 e. The fourth-order valence-corrected chi connectivity index (χ4v) is 8.44. The van der Waals surface area contributed by atoms with Gasteiger partial charge in [-0.3, -0.25) is 0 Å². The first kappa shape index (κ1) is 30.4. The van der Waals surface area contributed by atoms with Crippen LogP contribution in [0.25, 0.3) is 99.4 Å². The molecule has 0 amide bonds. The van der Waals surface area contributed by atoms with Crippen molar-refractivity contribution in [3.63, 3.8) is 0 Å². The highest BCUT2D eigenvalue weighted by molar-refractivity contribution is 6.24. The maximum Gasteiger partial charge on any atom is 0.0789 e. The van der Waals surface area contributed by atoms with Crippen molar-refractivity contribution >= 4 is 54.4 Å². The van der Waals surface area contributed by atoms with Gasteiger partial charge in [0.25, 0.3) is 0 Å². The molecule has 0 aliphatic heterocycles. The highest BCUT2D eigenvalue weighted by Gasteiger charge is 2.22. The molecule has 8 aromatic carbocycles. The van der Waals surface area contributed by atoms with E-state index in [1.165, 1.54) is 65.6 Å². The second kappa shape index (κ2) is 12.2. The first-order valence-corrected chi connectivity index (χ1v) is 18.5.